The van der Waals surface area contributed by atoms with Gasteiger partial charge in [-0.1, -0.05) is 23.1 Å². The van der Waals surface area contributed by atoms with Crippen molar-refractivity contribution in [3.8, 4) is 0 Å². The van der Waals surface area contributed by atoms with E-state index in [4.69, 9.17) is 5.84 Å². The second-order valence-electron chi connectivity index (χ2n) is 3.74. The summed E-state index contributed by atoms with van der Waals surface area (Å²) in [6.07, 6.45) is 0. The minimum absolute atomic E-state index is 0.614. The number of aromatic nitrogens is 4. The van der Waals surface area contributed by atoms with Crippen molar-refractivity contribution in [3.05, 3.63) is 22.0 Å². The molecule has 0 unspecified atom stereocenters. The maximum atomic E-state index is 5.25. The van der Waals surface area contributed by atoms with E-state index in [9.17, 15) is 0 Å². The minimum atomic E-state index is 0.614. The van der Waals surface area contributed by atoms with Gasteiger partial charge in [0, 0.05) is 11.4 Å². The molecule has 0 aromatic carbocycles. The van der Waals surface area contributed by atoms with Gasteiger partial charge in [0.1, 0.15) is 5.01 Å². The van der Waals surface area contributed by atoms with E-state index in [0.29, 0.717) is 10.9 Å². The van der Waals surface area contributed by atoms with Crippen molar-refractivity contribution in [3.63, 3.8) is 0 Å². The molecule has 2 rings (SSSR count). The molecule has 3 N–H and O–H groups in total. The quantitative estimate of drug-likeness (QED) is 0.382. The van der Waals surface area contributed by atoms with Gasteiger partial charge < -0.3 is 0 Å². The van der Waals surface area contributed by atoms with Crippen LogP contribution in [0, 0.1) is 20.8 Å². The van der Waals surface area contributed by atoms with Crippen LogP contribution in [-0.2, 0) is 5.75 Å². The van der Waals surface area contributed by atoms with Crippen molar-refractivity contribution in [2.45, 2.75) is 31.7 Å². The van der Waals surface area contributed by atoms with Crippen molar-refractivity contribution < 1.29 is 0 Å². The molecule has 0 aliphatic rings. The summed E-state index contributed by atoms with van der Waals surface area (Å²) in [5.41, 5.74) is 5.66. The second kappa shape index (κ2) is 5.59. The number of hydrazine groups is 1. The van der Waals surface area contributed by atoms with Crippen molar-refractivity contribution >= 4 is 28.2 Å². The molecule has 96 valence electrons. The molecule has 0 amide bonds. The van der Waals surface area contributed by atoms with Crippen LogP contribution in [0.2, 0.25) is 0 Å². The highest BCUT2D eigenvalue weighted by Gasteiger charge is 2.08. The Balaban J connectivity index is 2.06. The van der Waals surface area contributed by atoms with Gasteiger partial charge in [-0.3, -0.25) is 5.43 Å². The van der Waals surface area contributed by atoms with Gasteiger partial charge in [0.15, 0.2) is 5.16 Å². The van der Waals surface area contributed by atoms with E-state index in [0.717, 1.165) is 27.1 Å². The number of hydrogen-bond donors (Lipinski definition) is 2. The van der Waals surface area contributed by atoms with Crippen molar-refractivity contribution in [2.24, 2.45) is 5.84 Å². The number of nitrogens with zero attached hydrogens (tertiary/aromatic N) is 4. The Labute approximate surface area is 113 Å². The predicted octanol–water partition coefficient (Wildman–Crippen LogP) is 1.83. The van der Waals surface area contributed by atoms with Crippen LogP contribution in [0.4, 0.5) is 5.13 Å². The van der Waals surface area contributed by atoms with Gasteiger partial charge in [-0.25, -0.2) is 15.8 Å². The van der Waals surface area contributed by atoms with E-state index in [1.165, 1.54) is 11.3 Å². The monoisotopic (exact) mass is 282 g/mol. The third kappa shape index (κ3) is 2.95. The van der Waals surface area contributed by atoms with Crippen LogP contribution < -0.4 is 11.3 Å². The molecule has 0 fully saturated rings. The van der Waals surface area contributed by atoms with Crippen LogP contribution in [0.1, 0.15) is 22.0 Å². The van der Waals surface area contributed by atoms with Crippen molar-refractivity contribution in [2.75, 3.05) is 5.43 Å². The molecule has 18 heavy (non-hydrogen) atoms. The lowest BCUT2D eigenvalue weighted by molar-refractivity contribution is 0.880. The highest BCUT2D eigenvalue weighted by atomic mass is 32.2. The zero-order valence-electron chi connectivity index (χ0n) is 10.4. The average molecular weight is 282 g/mol. The molecule has 6 nitrogen and oxygen atoms in total. The summed E-state index contributed by atoms with van der Waals surface area (Å²) in [4.78, 5) is 8.89. The van der Waals surface area contributed by atoms with E-state index in [1.54, 1.807) is 11.8 Å². The van der Waals surface area contributed by atoms with Crippen LogP contribution in [-0.4, -0.2) is 20.2 Å². The first kappa shape index (κ1) is 13.2. The molecule has 0 aliphatic carbocycles. The van der Waals surface area contributed by atoms with Gasteiger partial charge in [-0.05, 0) is 26.3 Å². The minimum Gasteiger partial charge on any atom is -0.298 e. The molecule has 0 radical (unpaired) electrons. The summed E-state index contributed by atoms with van der Waals surface area (Å²) in [6.45, 7) is 6.02. The zero-order chi connectivity index (χ0) is 13.1. The highest BCUT2D eigenvalue weighted by molar-refractivity contribution is 7.98. The summed E-state index contributed by atoms with van der Waals surface area (Å²) in [6, 6.07) is 0. The molecule has 2 aromatic heterocycles. The zero-order valence-corrected chi connectivity index (χ0v) is 12.0. The molecule has 0 spiro atoms. The largest absolute Gasteiger partial charge is 0.298 e. The third-order valence-electron chi connectivity index (χ3n) is 2.53. The fraction of sp³-hybridized carbons (Fsp3) is 0.400. The van der Waals surface area contributed by atoms with E-state index < -0.39 is 0 Å². The average Bonchev–Trinajstić information content (AvgIpc) is 2.81. The van der Waals surface area contributed by atoms with E-state index in [-0.39, 0.29) is 0 Å². The fourth-order valence-corrected chi connectivity index (χ4v) is 2.87. The van der Waals surface area contributed by atoms with Gasteiger partial charge in [-0.15, -0.1) is 10.2 Å². The number of anilines is 1. The van der Waals surface area contributed by atoms with Gasteiger partial charge in [-0.2, -0.15) is 0 Å². The Morgan fingerprint density at radius 2 is 1.83 bits per heavy atom. The molecule has 2 aromatic rings. The number of hydrogen-bond acceptors (Lipinski definition) is 8. The van der Waals surface area contributed by atoms with E-state index in [2.05, 4.69) is 25.6 Å². The predicted molar refractivity (Wildman–Crippen MR) is 73.5 cm³/mol. The van der Waals surface area contributed by atoms with Gasteiger partial charge in [0.05, 0.1) is 5.75 Å². The van der Waals surface area contributed by atoms with Gasteiger partial charge in [0.25, 0.3) is 0 Å². The van der Waals surface area contributed by atoms with Gasteiger partial charge in [0.2, 0.25) is 5.13 Å². The Morgan fingerprint density at radius 3 is 2.39 bits per heavy atom. The van der Waals surface area contributed by atoms with Crippen molar-refractivity contribution in [1.82, 2.24) is 20.2 Å². The molecule has 0 aliphatic heterocycles. The third-order valence-corrected chi connectivity index (χ3v) is 4.42. The fourth-order valence-electron chi connectivity index (χ4n) is 1.30. The molecule has 0 saturated heterocycles. The van der Waals surface area contributed by atoms with Crippen LogP contribution in [0.5, 0.6) is 0 Å². The van der Waals surface area contributed by atoms with E-state index >= 15 is 0 Å². The lowest BCUT2D eigenvalue weighted by Crippen LogP contribution is -2.05. The number of nitrogens with one attached hydrogen (secondary N) is 1. The van der Waals surface area contributed by atoms with Gasteiger partial charge >= 0.3 is 0 Å². The maximum Gasteiger partial charge on any atom is 0.219 e. The molecule has 0 bridgehead atoms. The first-order chi connectivity index (χ1) is 8.60. The number of thioether (sulfide) groups is 1. The SMILES string of the molecule is Cc1nc(SCc2nnc(NN)s2)nc(C)c1C. The lowest BCUT2D eigenvalue weighted by atomic mass is 10.2. The number of aryl methyl sites for hydroxylation is 2. The molecular weight excluding hydrogens is 268 g/mol. The summed E-state index contributed by atoms with van der Waals surface area (Å²) in [5.74, 6) is 5.95. The summed E-state index contributed by atoms with van der Waals surface area (Å²) in [5, 5.41) is 10.2. The first-order valence-corrected chi connectivity index (χ1v) is 7.14. The van der Waals surface area contributed by atoms with Crippen LogP contribution in [0.15, 0.2) is 5.16 Å². The summed E-state index contributed by atoms with van der Waals surface area (Å²) < 4.78 is 0. The smallest absolute Gasteiger partial charge is 0.219 e. The topological polar surface area (TPSA) is 89.6 Å². The summed E-state index contributed by atoms with van der Waals surface area (Å²) >= 11 is 2.98. The van der Waals surface area contributed by atoms with Crippen LogP contribution in [0.3, 0.4) is 0 Å². The molecule has 0 saturated carbocycles. The molecular formula is C10H14N6S2. The maximum absolute atomic E-state index is 5.25. The standard InChI is InChI=1S/C10H14N6S2/c1-5-6(2)12-9(13-7(5)3)17-4-8-15-16-10(14-11)18-8/h4,11H2,1-3H3,(H,14,16). The number of nitrogens with two attached hydrogens (primary N) is 1. The van der Waals surface area contributed by atoms with Crippen LogP contribution >= 0.6 is 23.1 Å². The molecule has 2 heterocycles. The van der Waals surface area contributed by atoms with E-state index in [1.807, 2.05) is 20.8 Å². The Hall–Kier alpha value is -1.25. The normalized spacial score (nSPS) is 10.7. The second-order valence-corrected chi connectivity index (χ2v) is 5.74. The first-order valence-electron chi connectivity index (χ1n) is 5.33. The Kier molecular flexibility index (Phi) is 4.10. The Morgan fingerprint density at radius 1 is 1.17 bits per heavy atom. The molecule has 8 heteroatoms. The number of nitrogen functional groups attached to an aromatic ring is 1. The lowest BCUT2D eigenvalue weighted by Gasteiger charge is -2.05. The highest BCUT2D eigenvalue weighted by Crippen LogP contribution is 2.24. The number of rotatable bonds is 4. The summed E-state index contributed by atoms with van der Waals surface area (Å²) in [7, 11) is 0. The van der Waals surface area contributed by atoms with Crippen molar-refractivity contribution in [1.29, 1.82) is 0 Å². The molecule has 0 atom stereocenters. The Bertz CT molecular complexity index is 530. The van der Waals surface area contributed by atoms with Crippen LogP contribution in [0.25, 0.3) is 0 Å².